The molecule has 1 aliphatic rings. The standard InChI is InChI=1S/C20H29N5O/c1-4-16-6-5-7-17(10-16)22-20(26)21-12-18-11-19-14-24(13-15(2)3)8-9-25(19)23-18/h5-7,10-11,15H,4,8-9,12-14H2,1-3H3,(H2,21,22,26). The van der Waals surface area contributed by atoms with Crippen molar-refractivity contribution >= 4 is 11.7 Å². The van der Waals surface area contributed by atoms with E-state index in [1.165, 1.54) is 11.3 Å². The minimum absolute atomic E-state index is 0.203. The summed E-state index contributed by atoms with van der Waals surface area (Å²) in [6, 6.07) is 9.81. The number of hydrogen-bond donors (Lipinski definition) is 2. The summed E-state index contributed by atoms with van der Waals surface area (Å²) in [5.41, 5.74) is 4.15. The number of carbonyl (C=O) groups excluding carboxylic acids is 1. The summed E-state index contributed by atoms with van der Waals surface area (Å²) < 4.78 is 2.07. The molecule has 6 heteroatoms. The fourth-order valence-electron chi connectivity index (χ4n) is 3.35. The van der Waals surface area contributed by atoms with Gasteiger partial charge in [-0.2, -0.15) is 5.10 Å². The molecule has 6 nitrogen and oxygen atoms in total. The van der Waals surface area contributed by atoms with Crippen LogP contribution in [0.3, 0.4) is 0 Å². The molecule has 26 heavy (non-hydrogen) atoms. The van der Waals surface area contributed by atoms with Gasteiger partial charge in [0.05, 0.1) is 24.5 Å². The Morgan fingerprint density at radius 1 is 1.27 bits per heavy atom. The number of aryl methyl sites for hydroxylation is 1. The lowest BCUT2D eigenvalue weighted by Gasteiger charge is -2.28. The van der Waals surface area contributed by atoms with Crippen LogP contribution in [0.5, 0.6) is 0 Å². The summed E-state index contributed by atoms with van der Waals surface area (Å²) in [5.74, 6) is 0.667. The Morgan fingerprint density at radius 2 is 2.12 bits per heavy atom. The van der Waals surface area contributed by atoms with Gasteiger partial charge in [0.15, 0.2) is 0 Å². The largest absolute Gasteiger partial charge is 0.332 e. The minimum atomic E-state index is -0.203. The van der Waals surface area contributed by atoms with Crippen molar-refractivity contribution < 1.29 is 4.79 Å². The lowest BCUT2D eigenvalue weighted by molar-refractivity contribution is 0.192. The first-order valence-electron chi connectivity index (χ1n) is 9.45. The van der Waals surface area contributed by atoms with Gasteiger partial charge in [-0.05, 0) is 36.1 Å². The first-order valence-corrected chi connectivity index (χ1v) is 9.45. The Hall–Kier alpha value is -2.34. The van der Waals surface area contributed by atoms with Gasteiger partial charge in [0.1, 0.15) is 0 Å². The minimum Gasteiger partial charge on any atom is -0.332 e. The highest BCUT2D eigenvalue weighted by Gasteiger charge is 2.19. The van der Waals surface area contributed by atoms with Crippen LogP contribution in [0.25, 0.3) is 0 Å². The monoisotopic (exact) mass is 355 g/mol. The van der Waals surface area contributed by atoms with Crippen LogP contribution in [0.2, 0.25) is 0 Å². The van der Waals surface area contributed by atoms with E-state index in [9.17, 15) is 4.79 Å². The van der Waals surface area contributed by atoms with Crippen molar-refractivity contribution in [2.45, 2.75) is 46.8 Å². The quantitative estimate of drug-likeness (QED) is 0.836. The number of fused-ring (bicyclic) bond motifs is 1. The molecule has 0 saturated carbocycles. The number of benzene rings is 1. The normalized spacial score (nSPS) is 14.3. The van der Waals surface area contributed by atoms with Crippen molar-refractivity contribution in [3.63, 3.8) is 0 Å². The highest BCUT2D eigenvalue weighted by atomic mass is 16.2. The van der Waals surface area contributed by atoms with E-state index >= 15 is 0 Å². The highest BCUT2D eigenvalue weighted by molar-refractivity contribution is 5.89. The molecule has 0 bridgehead atoms. The van der Waals surface area contributed by atoms with Crippen LogP contribution in [0.1, 0.15) is 37.7 Å². The first-order chi connectivity index (χ1) is 12.5. The number of nitrogens with zero attached hydrogens (tertiary/aromatic N) is 3. The van der Waals surface area contributed by atoms with Crippen molar-refractivity contribution in [3.05, 3.63) is 47.3 Å². The van der Waals surface area contributed by atoms with Crippen LogP contribution in [0.4, 0.5) is 10.5 Å². The summed E-state index contributed by atoms with van der Waals surface area (Å²) in [4.78, 5) is 14.6. The van der Waals surface area contributed by atoms with E-state index in [-0.39, 0.29) is 6.03 Å². The molecule has 140 valence electrons. The second kappa shape index (κ2) is 8.36. The summed E-state index contributed by atoms with van der Waals surface area (Å²) in [7, 11) is 0. The number of aromatic nitrogens is 2. The predicted octanol–water partition coefficient (Wildman–Crippen LogP) is 3.24. The number of hydrogen-bond acceptors (Lipinski definition) is 3. The van der Waals surface area contributed by atoms with Crippen LogP contribution in [-0.2, 0) is 26.1 Å². The molecule has 0 unspecified atom stereocenters. The molecule has 1 aromatic carbocycles. The van der Waals surface area contributed by atoms with Gasteiger partial charge in [-0.1, -0.05) is 32.9 Å². The number of rotatable bonds is 6. The smallest absolute Gasteiger partial charge is 0.319 e. The zero-order valence-electron chi connectivity index (χ0n) is 16.0. The average Bonchev–Trinajstić information content (AvgIpc) is 3.02. The average molecular weight is 355 g/mol. The maximum absolute atomic E-state index is 12.1. The zero-order chi connectivity index (χ0) is 18.5. The van der Waals surface area contributed by atoms with Crippen molar-refractivity contribution in [2.75, 3.05) is 18.4 Å². The van der Waals surface area contributed by atoms with Gasteiger partial charge in [0.25, 0.3) is 0 Å². The van der Waals surface area contributed by atoms with Gasteiger partial charge < -0.3 is 10.6 Å². The Bertz CT molecular complexity index is 752. The van der Waals surface area contributed by atoms with Crippen molar-refractivity contribution in [2.24, 2.45) is 5.92 Å². The Kier molecular flexibility index (Phi) is 5.93. The van der Waals surface area contributed by atoms with E-state index in [0.29, 0.717) is 12.5 Å². The van der Waals surface area contributed by atoms with Gasteiger partial charge in [-0.15, -0.1) is 0 Å². The molecular formula is C20H29N5O. The fourth-order valence-corrected chi connectivity index (χ4v) is 3.35. The third-order valence-corrected chi connectivity index (χ3v) is 4.57. The molecule has 0 atom stereocenters. The molecular weight excluding hydrogens is 326 g/mol. The Balaban J connectivity index is 1.52. The van der Waals surface area contributed by atoms with E-state index in [1.807, 2.05) is 18.2 Å². The second-order valence-corrected chi connectivity index (χ2v) is 7.34. The van der Waals surface area contributed by atoms with Crippen LogP contribution in [0, 0.1) is 5.92 Å². The number of anilines is 1. The van der Waals surface area contributed by atoms with E-state index in [4.69, 9.17) is 0 Å². The van der Waals surface area contributed by atoms with Crippen molar-refractivity contribution in [1.82, 2.24) is 20.0 Å². The summed E-state index contributed by atoms with van der Waals surface area (Å²) >= 11 is 0. The molecule has 2 N–H and O–H groups in total. The molecule has 2 heterocycles. The number of amides is 2. The van der Waals surface area contributed by atoms with Gasteiger partial charge in [0, 0.05) is 25.3 Å². The summed E-state index contributed by atoms with van der Waals surface area (Å²) in [6.45, 7) is 11.0. The molecule has 0 aliphatic carbocycles. The topological polar surface area (TPSA) is 62.2 Å². The molecule has 1 aliphatic heterocycles. The van der Waals surface area contributed by atoms with Crippen LogP contribution in [0.15, 0.2) is 30.3 Å². The Morgan fingerprint density at radius 3 is 2.88 bits per heavy atom. The molecule has 2 aromatic rings. The van der Waals surface area contributed by atoms with Gasteiger partial charge >= 0.3 is 6.03 Å². The molecule has 0 radical (unpaired) electrons. The lowest BCUT2D eigenvalue weighted by Crippen LogP contribution is -2.36. The molecule has 2 amide bonds. The Labute approximate surface area is 155 Å². The van der Waals surface area contributed by atoms with E-state index < -0.39 is 0 Å². The molecule has 3 rings (SSSR count). The van der Waals surface area contributed by atoms with Crippen LogP contribution < -0.4 is 10.6 Å². The van der Waals surface area contributed by atoms with Gasteiger partial charge in [-0.25, -0.2) is 4.79 Å². The molecule has 0 spiro atoms. The summed E-state index contributed by atoms with van der Waals surface area (Å²) in [6.07, 6.45) is 0.950. The SMILES string of the molecule is CCc1cccc(NC(=O)NCc2cc3n(n2)CCN(CC(C)C)C3)c1. The third kappa shape index (κ3) is 4.85. The molecule has 0 saturated heterocycles. The predicted molar refractivity (Wildman–Crippen MR) is 104 cm³/mol. The van der Waals surface area contributed by atoms with Crippen molar-refractivity contribution in [3.8, 4) is 0 Å². The van der Waals surface area contributed by atoms with Crippen LogP contribution in [-0.4, -0.2) is 33.8 Å². The summed E-state index contributed by atoms with van der Waals surface area (Å²) in [5, 5.41) is 10.4. The number of carbonyl (C=O) groups is 1. The van der Waals surface area contributed by atoms with Crippen molar-refractivity contribution in [1.29, 1.82) is 0 Å². The van der Waals surface area contributed by atoms with E-state index in [2.05, 4.69) is 58.2 Å². The van der Waals surface area contributed by atoms with Gasteiger partial charge in [0.2, 0.25) is 0 Å². The maximum atomic E-state index is 12.1. The van der Waals surface area contributed by atoms with Gasteiger partial charge in [-0.3, -0.25) is 9.58 Å². The lowest BCUT2D eigenvalue weighted by atomic mass is 10.1. The maximum Gasteiger partial charge on any atom is 0.319 e. The first kappa shape index (κ1) is 18.5. The van der Waals surface area contributed by atoms with Crippen LogP contribution >= 0.6 is 0 Å². The molecule has 0 fully saturated rings. The highest BCUT2D eigenvalue weighted by Crippen LogP contribution is 2.15. The zero-order valence-corrected chi connectivity index (χ0v) is 16.0. The number of urea groups is 1. The molecule has 1 aromatic heterocycles. The third-order valence-electron chi connectivity index (χ3n) is 4.57. The van der Waals surface area contributed by atoms with E-state index in [0.717, 1.165) is 44.0 Å². The number of nitrogens with one attached hydrogen (secondary N) is 2. The fraction of sp³-hybridized carbons (Fsp3) is 0.500. The van der Waals surface area contributed by atoms with E-state index in [1.54, 1.807) is 0 Å². The second-order valence-electron chi connectivity index (χ2n) is 7.34.